The lowest BCUT2D eigenvalue weighted by Gasteiger charge is -2.22. The third kappa shape index (κ3) is 2.50. The van der Waals surface area contributed by atoms with Gasteiger partial charge in [-0.1, -0.05) is 24.3 Å². The number of carbonyl (C=O) groups is 2. The number of para-hydroxylation sites is 1. The van der Waals surface area contributed by atoms with Gasteiger partial charge in [-0.25, -0.2) is 4.79 Å². The molecule has 25 heavy (non-hydrogen) atoms. The summed E-state index contributed by atoms with van der Waals surface area (Å²) in [4.78, 5) is 26.9. The number of ether oxygens (including phenoxy) is 1. The number of benzene rings is 2. The molecule has 1 spiro atoms. The normalized spacial score (nSPS) is 21.2. The van der Waals surface area contributed by atoms with Crippen LogP contribution in [0.15, 0.2) is 48.5 Å². The average molecular weight is 337 g/mol. The summed E-state index contributed by atoms with van der Waals surface area (Å²) in [7, 11) is 1.58. The van der Waals surface area contributed by atoms with E-state index in [0.717, 1.165) is 11.3 Å². The van der Waals surface area contributed by atoms with Crippen molar-refractivity contribution in [2.24, 2.45) is 0 Å². The number of rotatable bonds is 2. The van der Waals surface area contributed by atoms with Gasteiger partial charge in [0, 0.05) is 30.5 Å². The number of urea groups is 1. The molecule has 0 aromatic heterocycles. The van der Waals surface area contributed by atoms with E-state index in [1.54, 1.807) is 18.1 Å². The number of hydrogen-bond acceptors (Lipinski definition) is 3. The Balaban J connectivity index is 1.52. The zero-order valence-corrected chi connectivity index (χ0v) is 13.9. The molecule has 2 aromatic rings. The summed E-state index contributed by atoms with van der Waals surface area (Å²) in [6.45, 7) is 0.920. The van der Waals surface area contributed by atoms with Crippen LogP contribution in [0.3, 0.4) is 0 Å². The van der Waals surface area contributed by atoms with Crippen molar-refractivity contribution in [2.75, 3.05) is 30.8 Å². The first kappa shape index (κ1) is 15.5. The van der Waals surface area contributed by atoms with E-state index in [1.807, 2.05) is 42.5 Å². The van der Waals surface area contributed by atoms with E-state index in [2.05, 4.69) is 10.6 Å². The summed E-state index contributed by atoms with van der Waals surface area (Å²) in [6.07, 6.45) is 0.626. The van der Waals surface area contributed by atoms with Gasteiger partial charge < -0.3 is 20.3 Å². The van der Waals surface area contributed by atoms with Gasteiger partial charge in [0.05, 0.1) is 12.5 Å². The van der Waals surface area contributed by atoms with Crippen LogP contribution >= 0.6 is 0 Å². The molecule has 2 heterocycles. The van der Waals surface area contributed by atoms with Crippen molar-refractivity contribution in [3.63, 3.8) is 0 Å². The molecule has 2 aromatic carbocycles. The third-order valence-corrected chi connectivity index (χ3v) is 5.00. The Bertz CT molecular complexity index is 851. The van der Waals surface area contributed by atoms with Crippen LogP contribution in [0.1, 0.15) is 12.0 Å². The van der Waals surface area contributed by atoms with Gasteiger partial charge in [-0.05, 0) is 30.2 Å². The van der Waals surface area contributed by atoms with Gasteiger partial charge in [0.15, 0.2) is 0 Å². The van der Waals surface area contributed by atoms with Crippen LogP contribution in [0.2, 0.25) is 0 Å². The molecule has 4 rings (SSSR count). The van der Waals surface area contributed by atoms with Gasteiger partial charge in [-0.15, -0.1) is 0 Å². The van der Waals surface area contributed by atoms with E-state index in [1.165, 1.54) is 0 Å². The second-order valence-corrected chi connectivity index (χ2v) is 6.42. The van der Waals surface area contributed by atoms with Crippen molar-refractivity contribution in [3.05, 3.63) is 54.1 Å². The smallest absolute Gasteiger partial charge is 0.321 e. The molecule has 1 atom stereocenters. The Hall–Kier alpha value is -3.02. The SMILES string of the molecule is COc1cccc(NC(=O)N2CCC3(C2)C(=O)Nc2ccccc23)c1. The van der Waals surface area contributed by atoms with Crippen LogP contribution < -0.4 is 15.4 Å². The number of amides is 3. The van der Waals surface area contributed by atoms with E-state index >= 15 is 0 Å². The first-order valence-corrected chi connectivity index (χ1v) is 8.23. The minimum absolute atomic E-state index is 0.0228. The summed E-state index contributed by atoms with van der Waals surface area (Å²) < 4.78 is 5.17. The standard InChI is InChI=1S/C19H19N3O3/c1-25-14-6-4-5-13(11-14)20-18(24)22-10-9-19(12-22)15-7-2-3-8-16(15)21-17(19)23/h2-8,11H,9-10,12H2,1H3,(H,20,24)(H,21,23). The maximum atomic E-state index is 12.6. The van der Waals surface area contributed by atoms with Gasteiger partial charge in [0.2, 0.25) is 5.91 Å². The minimum Gasteiger partial charge on any atom is -0.497 e. The molecule has 2 N–H and O–H groups in total. The number of hydrogen-bond donors (Lipinski definition) is 2. The molecule has 1 fully saturated rings. The Morgan fingerprint density at radius 2 is 2.08 bits per heavy atom. The number of carbonyl (C=O) groups excluding carboxylic acids is 2. The second kappa shape index (κ2) is 5.81. The van der Waals surface area contributed by atoms with Crippen LogP contribution in [0.5, 0.6) is 5.75 Å². The molecule has 2 aliphatic heterocycles. The maximum Gasteiger partial charge on any atom is 0.321 e. The van der Waals surface area contributed by atoms with Crippen molar-refractivity contribution in [1.82, 2.24) is 4.90 Å². The van der Waals surface area contributed by atoms with Crippen molar-refractivity contribution < 1.29 is 14.3 Å². The minimum atomic E-state index is -0.637. The van der Waals surface area contributed by atoms with Crippen molar-refractivity contribution in [3.8, 4) is 5.75 Å². The number of nitrogens with zero attached hydrogens (tertiary/aromatic N) is 1. The van der Waals surface area contributed by atoms with Gasteiger partial charge in [-0.2, -0.15) is 0 Å². The van der Waals surface area contributed by atoms with E-state index in [-0.39, 0.29) is 11.9 Å². The molecular formula is C19H19N3O3. The number of likely N-dealkylation sites (tertiary alicyclic amines) is 1. The fraction of sp³-hybridized carbons (Fsp3) is 0.263. The Morgan fingerprint density at radius 1 is 1.24 bits per heavy atom. The summed E-state index contributed by atoms with van der Waals surface area (Å²) in [5.41, 5.74) is 1.86. The Labute approximate surface area is 145 Å². The first-order chi connectivity index (χ1) is 12.1. The van der Waals surface area contributed by atoms with Crippen LogP contribution in [0, 0.1) is 0 Å². The lowest BCUT2D eigenvalue weighted by molar-refractivity contribution is -0.120. The predicted octanol–water partition coefficient (Wildman–Crippen LogP) is 2.82. The largest absolute Gasteiger partial charge is 0.497 e. The van der Waals surface area contributed by atoms with E-state index in [4.69, 9.17) is 4.74 Å². The number of methoxy groups -OCH3 is 1. The van der Waals surface area contributed by atoms with Crippen LogP contribution in [-0.4, -0.2) is 37.0 Å². The van der Waals surface area contributed by atoms with Crippen molar-refractivity contribution in [1.29, 1.82) is 0 Å². The zero-order chi connectivity index (χ0) is 17.4. The highest BCUT2D eigenvalue weighted by Crippen LogP contribution is 2.44. The predicted molar refractivity (Wildman–Crippen MR) is 95.0 cm³/mol. The molecule has 0 bridgehead atoms. The van der Waals surface area contributed by atoms with Crippen molar-refractivity contribution in [2.45, 2.75) is 11.8 Å². The van der Waals surface area contributed by atoms with Crippen LogP contribution in [-0.2, 0) is 10.2 Å². The quantitative estimate of drug-likeness (QED) is 0.885. The summed E-state index contributed by atoms with van der Waals surface area (Å²) in [5, 5.41) is 5.82. The van der Waals surface area contributed by atoms with E-state index in [9.17, 15) is 9.59 Å². The summed E-state index contributed by atoms with van der Waals surface area (Å²) in [6, 6.07) is 14.7. The lowest BCUT2D eigenvalue weighted by atomic mass is 9.81. The molecule has 0 radical (unpaired) electrons. The molecule has 128 valence electrons. The highest BCUT2D eigenvalue weighted by Gasteiger charge is 2.51. The molecule has 0 saturated carbocycles. The first-order valence-electron chi connectivity index (χ1n) is 8.23. The third-order valence-electron chi connectivity index (χ3n) is 5.00. The number of anilines is 2. The van der Waals surface area contributed by atoms with Crippen LogP contribution in [0.4, 0.5) is 16.2 Å². The molecule has 1 saturated heterocycles. The molecule has 2 aliphatic rings. The maximum absolute atomic E-state index is 12.6. The summed E-state index contributed by atoms with van der Waals surface area (Å²) in [5.74, 6) is 0.658. The van der Waals surface area contributed by atoms with E-state index < -0.39 is 5.41 Å². The fourth-order valence-corrected chi connectivity index (χ4v) is 3.67. The average Bonchev–Trinajstić information content (AvgIpc) is 3.19. The number of nitrogens with one attached hydrogen (secondary N) is 2. The Morgan fingerprint density at radius 3 is 2.92 bits per heavy atom. The van der Waals surface area contributed by atoms with Crippen LogP contribution in [0.25, 0.3) is 0 Å². The highest BCUT2D eigenvalue weighted by molar-refractivity contribution is 6.07. The van der Waals surface area contributed by atoms with E-state index in [0.29, 0.717) is 30.9 Å². The van der Waals surface area contributed by atoms with Gasteiger partial charge in [-0.3, -0.25) is 4.79 Å². The molecule has 6 nitrogen and oxygen atoms in total. The molecule has 3 amide bonds. The Kier molecular flexibility index (Phi) is 3.60. The van der Waals surface area contributed by atoms with Gasteiger partial charge >= 0.3 is 6.03 Å². The summed E-state index contributed by atoms with van der Waals surface area (Å²) >= 11 is 0. The van der Waals surface area contributed by atoms with Crippen molar-refractivity contribution >= 4 is 23.3 Å². The van der Waals surface area contributed by atoms with Gasteiger partial charge in [0.25, 0.3) is 0 Å². The number of fused-ring (bicyclic) bond motifs is 2. The molecule has 6 heteroatoms. The lowest BCUT2D eigenvalue weighted by Crippen LogP contribution is -2.40. The fourth-order valence-electron chi connectivity index (χ4n) is 3.67. The second-order valence-electron chi connectivity index (χ2n) is 6.42. The highest BCUT2D eigenvalue weighted by atomic mass is 16.5. The molecular weight excluding hydrogens is 318 g/mol. The molecule has 1 unspecified atom stereocenters. The zero-order valence-electron chi connectivity index (χ0n) is 13.9. The topological polar surface area (TPSA) is 70.7 Å². The van der Waals surface area contributed by atoms with Gasteiger partial charge in [0.1, 0.15) is 5.75 Å². The monoisotopic (exact) mass is 337 g/mol. The molecule has 0 aliphatic carbocycles.